The van der Waals surface area contributed by atoms with Crippen molar-refractivity contribution in [1.82, 2.24) is 5.32 Å². The zero-order valence-electron chi connectivity index (χ0n) is 10.9. The van der Waals surface area contributed by atoms with Crippen LogP contribution in [0.15, 0.2) is 23.4 Å². The maximum atomic E-state index is 4.60. The summed E-state index contributed by atoms with van der Waals surface area (Å²) in [6, 6.07) is 0. The lowest BCUT2D eigenvalue weighted by Gasteiger charge is -2.16. The van der Waals surface area contributed by atoms with Gasteiger partial charge in [0.1, 0.15) is 0 Å². The monoisotopic (exact) mass is 207 g/mol. The van der Waals surface area contributed by atoms with E-state index in [2.05, 4.69) is 43.7 Å². The number of hydrogen-bond acceptors (Lipinski definition) is 1. The first kappa shape index (κ1) is 16.3. The first-order valence-electron chi connectivity index (χ1n) is 5.70. The lowest BCUT2D eigenvalue weighted by molar-refractivity contribution is 0.671. The third-order valence-corrected chi connectivity index (χ3v) is 1.86. The first-order valence-corrected chi connectivity index (χ1v) is 5.70. The summed E-state index contributed by atoms with van der Waals surface area (Å²) in [4.78, 5) is 0. The maximum Gasteiger partial charge on any atom is 0.0147 e. The Morgan fingerprint density at radius 1 is 1.40 bits per heavy atom. The van der Waals surface area contributed by atoms with Crippen molar-refractivity contribution in [3.63, 3.8) is 0 Å². The van der Waals surface area contributed by atoms with E-state index in [1.807, 2.05) is 13.8 Å². The van der Waals surface area contributed by atoms with Crippen LogP contribution in [-0.4, -0.2) is 6.54 Å². The van der Waals surface area contributed by atoms with E-state index in [0.717, 1.165) is 6.54 Å². The second kappa shape index (κ2) is 12.8. The van der Waals surface area contributed by atoms with Gasteiger partial charge in [0, 0.05) is 12.2 Å². The van der Waals surface area contributed by atoms with Gasteiger partial charge in [0.15, 0.2) is 0 Å². The Kier molecular flexibility index (Phi) is 13.9. The summed E-state index contributed by atoms with van der Waals surface area (Å²) >= 11 is 0. The van der Waals surface area contributed by atoms with Gasteiger partial charge in [0.05, 0.1) is 0 Å². The molecule has 86 valence electrons. The summed E-state index contributed by atoms with van der Waals surface area (Å²) in [5.74, 6) is 2.25. The van der Waals surface area contributed by atoms with Gasteiger partial charge < -0.3 is 5.32 Å². The summed E-state index contributed by atoms with van der Waals surface area (Å²) in [6.07, 6.45) is 11.4. The highest BCUT2D eigenvalue weighted by molar-refractivity contribution is 5.24. The number of rotatable bonds is 1. The van der Waals surface area contributed by atoms with Crippen LogP contribution in [0.25, 0.3) is 0 Å². The molecule has 0 spiro atoms. The molecule has 0 radical (unpaired) electrons. The van der Waals surface area contributed by atoms with Crippen molar-refractivity contribution in [1.29, 1.82) is 0 Å². The van der Waals surface area contributed by atoms with Crippen LogP contribution in [0.1, 0.15) is 47.5 Å². The maximum absolute atomic E-state index is 4.60. The van der Waals surface area contributed by atoms with E-state index >= 15 is 0 Å². The Labute approximate surface area is 95.7 Å². The fourth-order valence-electron chi connectivity index (χ4n) is 1.27. The van der Waals surface area contributed by atoms with Gasteiger partial charge in [-0.3, -0.25) is 0 Å². The van der Waals surface area contributed by atoms with E-state index in [1.165, 1.54) is 24.1 Å². The Balaban J connectivity index is 0. The molecule has 0 aromatic heterocycles. The fraction of sp³-hybridized carbons (Fsp3) is 0.571. The molecule has 1 heterocycles. The van der Waals surface area contributed by atoms with E-state index < -0.39 is 0 Å². The van der Waals surface area contributed by atoms with E-state index in [1.54, 1.807) is 6.92 Å². The molecule has 1 aliphatic rings. The minimum absolute atomic E-state index is 1.15. The molecular formula is C14H25N. The van der Waals surface area contributed by atoms with E-state index in [-0.39, 0.29) is 0 Å². The zero-order valence-corrected chi connectivity index (χ0v) is 10.9. The molecule has 0 aromatic rings. The second-order valence-corrected chi connectivity index (χ2v) is 2.97. The SMILES string of the molecule is C#CC.C/C=C\C1=C(C)NCCC1.CC. The summed E-state index contributed by atoms with van der Waals surface area (Å²) in [5, 5.41) is 3.35. The lowest BCUT2D eigenvalue weighted by atomic mass is 10.0. The molecule has 0 unspecified atom stereocenters. The first-order chi connectivity index (χ1) is 7.26. The van der Waals surface area contributed by atoms with Crippen LogP contribution in [0.4, 0.5) is 0 Å². The van der Waals surface area contributed by atoms with Crippen LogP contribution < -0.4 is 5.32 Å². The zero-order chi connectivity index (χ0) is 12.1. The summed E-state index contributed by atoms with van der Waals surface area (Å²) in [7, 11) is 0. The van der Waals surface area contributed by atoms with Crippen LogP contribution in [0.2, 0.25) is 0 Å². The predicted molar refractivity (Wildman–Crippen MR) is 70.6 cm³/mol. The van der Waals surface area contributed by atoms with Crippen molar-refractivity contribution in [2.75, 3.05) is 6.54 Å². The Morgan fingerprint density at radius 3 is 2.33 bits per heavy atom. The second-order valence-electron chi connectivity index (χ2n) is 2.97. The van der Waals surface area contributed by atoms with Crippen molar-refractivity contribution in [3.8, 4) is 12.3 Å². The number of terminal acetylenes is 1. The third-order valence-electron chi connectivity index (χ3n) is 1.86. The molecule has 1 nitrogen and oxygen atoms in total. The molecule has 0 saturated carbocycles. The van der Waals surface area contributed by atoms with Crippen LogP contribution in [-0.2, 0) is 0 Å². The number of nitrogens with one attached hydrogen (secondary N) is 1. The molecule has 15 heavy (non-hydrogen) atoms. The normalized spacial score (nSPS) is 14.1. The van der Waals surface area contributed by atoms with Crippen molar-refractivity contribution < 1.29 is 0 Å². The molecular weight excluding hydrogens is 182 g/mol. The van der Waals surface area contributed by atoms with Crippen molar-refractivity contribution in [2.24, 2.45) is 0 Å². The topological polar surface area (TPSA) is 12.0 Å². The highest BCUT2D eigenvalue weighted by Gasteiger charge is 2.03. The minimum Gasteiger partial charge on any atom is -0.388 e. The fourth-order valence-corrected chi connectivity index (χ4v) is 1.27. The molecule has 0 bridgehead atoms. The van der Waals surface area contributed by atoms with Crippen molar-refractivity contribution in [2.45, 2.75) is 47.5 Å². The van der Waals surface area contributed by atoms with E-state index in [9.17, 15) is 0 Å². The average molecular weight is 207 g/mol. The largest absolute Gasteiger partial charge is 0.388 e. The molecule has 0 atom stereocenters. The summed E-state index contributed by atoms with van der Waals surface area (Å²) < 4.78 is 0. The van der Waals surface area contributed by atoms with Gasteiger partial charge in [-0.05, 0) is 39.2 Å². The standard InChI is InChI=1S/C9H15N.C3H4.C2H6/c1-3-5-9-6-4-7-10-8(9)2;1-3-2;1-2/h3,5,10H,4,6-7H2,1-2H3;1H,2H3;1-2H3/b5-3-;;. The molecule has 0 fully saturated rings. The Hall–Kier alpha value is -1.16. The summed E-state index contributed by atoms with van der Waals surface area (Å²) in [5.41, 5.74) is 2.82. The molecule has 1 heteroatoms. The molecule has 0 aliphatic carbocycles. The highest BCUT2D eigenvalue weighted by atomic mass is 14.9. The van der Waals surface area contributed by atoms with Crippen molar-refractivity contribution >= 4 is 0 Å². The molecule has 1 N–H and O–H groups in total. The average Bonchev–Trinajstić information content (AvgIpc) is 2.26. The van der Waals surface area contributed by atoms with Crippen molar-refractivity contribution in [3.05, 3.63) is 23.4 Å². The van der Waals surface area contributed by atoms with E-state index in [4.69, 9.17) is 0 Å². The molecule has 0 aromatic carbocycles. The molecule has 0 amide bonds. The van der Waals surface area contributed by atoms with Gasteiger partial charge in [0.25, 0.3) is 0 Å². The smallest absolute Gasteiger partial charge is 0.0147 e. The van der Waals surface area contributed by atoms with Gasteiger partial charge >= 0.3 is 0 Å². The van der Waals surface area contributed by atoms with Crippen LogP contribution in [0, 0.1) is 12.3 Å². The predicted octanol–water partition coefficient (Wildman–Crippen LogP) is 3.89. The van der Waals surface area contributed by atoms with Crippen LogP contribution in [0.3, 0.4) is 0 Å². The Morgan fingerprint density at radius 2 is 1.93 bits per heavy atom. The van der Waals surface area contributed by atoms with Gasteiger partial charge in [-0.1, -0.05) is 26.0 Å². The number of allylic oxidation sites excluding steroid dienone is 4. The van der Waals surface area contributed by atoms with Gasteiger partial charge in [-0.15, -0.1) is 12.3 Å². The minimum atomic E-state index is 1.15. The third kappa shape index (κ3) is 9.15. The van der Waals surface area contributed by atoms with Gasteiger partial charge in [0.2, 0.25) is 0 Å². The molecule has 1 rings (SSSR count). The van der Waals surface area contributed by atoms with Gasteiger partial charge in [-0.25, -0.2) is 0 Å². The molecule has 0 saturated heterocycles. The number of hydrogen-bond donors (Lipinski definition) is 1. The van der Waals surface area contributed by atoms with Crippen LogP contribution in [0.5, 0.6) is 0 Å². The summed E-state index contributed by atoms with van der Waals surface area (Å²) in [6.45, 7) is 11.0. The van der Waals surface area contributed by atoms with E-state index in [0.29, 0.717) is 0 Å². The lowest BCUT2D eigenvalue weighted by Crippen LogP contribution is -2.18. The van der Waals surface area contributed by atoms with Crippen LogP contribution >= 0.6 is 0 Å². The highest BCUT2D eigenvalue weighted by Crippen LogP contribution is 2.14. The van der Waals surface area contributed by atoms with Gasteiger partial charge in [-0.2, -0.15) is 0 Å². The molecule has 1 aliphatic heterocycles. The quantitative estimate of drug-likeness (QED) is 0.643. The Bertz CT molecular complexity index is 228.